The van der Waals surface area contributed by atoms with E-state index in [9.17, 15) is 4.79 Å². The molecule has 2 aromatic carbocycles. The van der Waals surface area contributed by atoms with Crippen LogP contribution in [0.15, 0.2) is 85.2 Å². The third-order valence-electron chi connectivity index (χ3n) is 3.56. The zero-order chi connectivity index (χ0) is 14.5. The Balaban J connectivity index is 1.63. The van der Waals surface area contributed by atoms with Crippen molar-refractivity contribution in [3.8, 4) is 0 Å². The van der Waals surface area contributed by atoms with Gasteiger partial charge >= 0.3 is 0 Å². The Hall–Kier alpha value is -2.61. The number of Topliss-reactive ketones (excluding diaryl/α,β-unsaturated/α-hetero) is 1. The highest BCUT2D eigenvalue weighted by atomic mass is 16.1. The van der Waals surface area contributed by atoms with Gasteiger partial charge < -0.3 is 4.90 Å². The summed E-state index contributed by atoms with van der Waals surface area (Å²) in [6.45, 7) is 0. The van der Waals surface area contributed by atoms with Crippen molar-refractivity contribution < 1.29 is 4.79 Å². The van der Waals surface area contributed by atoms with Gasteiger partial charge in [0, 0.05) is 36.0 Å². The maximum Gasteiger partial charge on any atom is 0.163 e. The fourth-order valence-corrected chi connectivity index (χ4v) is 2.38. The van der Waals surface area contributed by atoms with E-state index in [1.54, 1.807) is 0 Å². The molecular weight excluding hydrogens is 258 g/mol. The Labute approximate surface area is 125 Å². The number of carbonyl (C=O) groups is 1. The van der Waals surface area contributed by atoms with Gasteiger partial charge in [0.25, 0.3) is 0 Å². The Morgan fingerprint density at radius 3 is 2.05 bits per heavy atom. The summed E-state index contributed by atoms with van der Waals surface area (Å²) in [5.74, 6) is 0.348. The van der Waals surface area contributed by atoms with Crippen molar-refractivity contribution in [1.82, 2.24) is 0 Å². The maximum absolute atomic E-state index is 12.2. The molecule has 0 aliphatic carbocycles. The Bertz CT molecular complexity index is 644. The molecule has 0 fully saturated rings. The Morgan fingerprint density at radius 2 is 1.43 bits per heavy atom. The Morgan fingerprint density at radius 1 is 0.857 bits per heavy atom. The first kappa shape index (κ1) is 13.4. The molecule has 104 valence electrons. The van der Waals surface area contributed by atoms with Crippen LogP contribution in [0, 0.1) is 5.92 Å². The highest BCUT2D eigenvalue weighted by Gasteiger charge is 2.13. The Kier molecular flexibility index (Phi) is 3.97. The zero-order valence-corrected chi connectivity index (χ0v) is 11.7. The fraction of sp³-hybridized carbons (Fsp3) is 0.105. The van der Waals surface area contributed by atoms with Crippen LogP contribution in [-0.2, 0) is 0 Å². The number of para-hydroxylation sites is 1. The number of ketones is 1. The first-order valence-corrected chi connectivity index (χ1v) is 7.11. The van der Waals surface area contributed by atoms with Crippen LogP contribution < -0.4 is 4.90 Å². The van der Waals surface area contributed by atoms with Gasteiger partial charge in [-0.15, -0.1) is 0 Å². The molecule has 2 heteroatoms. The predicted octanol–water partition coefficient (Wildman–Crippen LogP) is 4.42. The number of hydrogen-bond donors (Lipinski definition) is 0. The predicted molar refractivity (Wildman–Crippen MR) is 86.1 cm³/mol. The normalized spacial score (nSPS) is 14.4. The molecule has 0 aromatic heterocycles. The SMILES string of the molecule is O=C(CC1C=CN(c2ccccc2)C=C1)c1ccccc1. The first-order chi connectivity index (χ1) is 10.3. The molecule has 3 rings (SSSR count). The second kappa shape index (κ2) is 6.23. The number of benzene rings is 2. The third kappa shape index (κ3) is 3.29. The summed E-state index contributed by atoms with van der Waals surface area (Å²) in [6, 6.07) is 19.6. The topological polar surface area (TPSA) is 20.3 Å². The van der Waals surface area contributed by atoms with Gasteiger partial charge in [-0.1, -0.05) is 60.7 Å². The van der Waals surface area contributed by atoms with Crippen molar-refractivity contribution in [3.63, 3.8) is 0 Å². The lowest BCUT2D eigenvalue weighted by atomic mass is 9.97. The van der Waals surface area contributed by atoms with Crippen LogP contribution in [0.5, 0.6) is 0 Å². The average molecular weight is 275 g/mol. The summed E-state index contributed by atoms with van der Waals surface area (Å²) in [5.41, 5.74) is 1.91. The van der Waals surface area contributed by atoms with Crippen LogP contribution in [0.25, 0.3) is 0 Å². The van der Waals surface area contributed by atoms with Gasteiger partial charge in [0.1, 0.15) is 0 Å². The number of hydrogen-bond acceptors (Lipinski definition) is 2. The summed E-state index contributed by atoms with van der Waals surface area (Å²) in [6.07, 6.45) is 8.72. The van der Waals surface area contributed by atoms with E-state index in [1.807, 2.05) is 60.9 Å². The van der Waals surface area contributed by atoms with Crippen LogP contribution in [-0.4, -0.2) is 5.78 Å². The number of nitrogens with zero attached hydrogens (tertiary/aromatic N) is 1. The minimum atomic E-state index is 0.165. The number of anilines is 1. The molecule has 0 saturated carbocycles. The van der Waals surface area contributed by atoms with Crippen LogP contribution in [0.2, 0.25) is 0 Å². The van der Waals surface area contributed by atoms with Gasteiger partial charge in [0.15, 0.2) is 5.78 Å². The van der Waals surface area contributed by atoms with Crippen LogP contribution >= 0.6 is 0 Å². The van der Waals surface area contributed by atoms with E-state index in [-0.39, 0.29) is 11.7 Å². The fourth-order valence-electron chi connectivity index (χ4n) is 2.38. The zero-order valence-electron chi connectivity index (χ0n) is 11.7. The molecule has 2 aromatic rings. The lowest BCUT2D eigenvalue weighted by Crippen LogP contribution is -2.14. The summed E-state index contributed by atoms with van der Waals surface area (Å²) < 4.78 is 0. The molecule has 0 amide bonds. The van der Waals surface area contributed by atoms with E-state index < -0.39 is 0 Å². The number of rotatable bonds is 4. The van der Waals surface area contributed by atoms with Gasteiger partial charge in [0.2, 0.25) is 0 Å². The van der Waals surface area contributed by atoms with E-state index in [0.717, 1.165) is 11.3 Å². The lowest BCUT2D eigenvalue weighted by molar-refractivity contribution is 0.0975. The average Bonchev–Trinajstić information content (AvgIpc) is 2.57. The van der Waals surface area contributed by atoms with E-state index >= 15 is 0 Å². The number of allylic oxidation sites excluding steroid dienone is 2. The molecule has 0 saturated heterocycles. The number of carbonyl (C=O) groups excluding carboxylic acids is 1. The van der Waals surface area contributed by atoms with E-state index in [4.69, 9.17) is 0 Å². The molecule has 0 bridgehead atoms. The van der Waals surface area contributed by atoms with Crippen molar-refractivity contribution in [3.05, 3.63) is 90.8 Å². The molecule has 1 aliphatic rings. The van der Waals surface area contributed by atoms with Crippen molar-refractivity contribution >= 4 is 11.5 Å². The van der Waals surface area contributed by atoms with Gasteiger partial charge in [-0.2, -0.15) is 0 Å². The smallest absolute Gasteiger partial charge is 0.163 e. The van der Waals surface area contributed by atoms with Gasteiger partial charge in [0.05, 0.1) is 0 Å². The molecular formula is C19H17NO. The molecule has 0 unspecified atom stereocenters. The highest BCUT2D eigenvalue weighted by Crippen LogP contribution is 2.22. The largest absolute Gasteiger partial charge is 0.324 e. The monoisotopic (exact) mass is 275 g/mol. The minimum absolute atomic E-state index is 0.165. The molecule has 0 spiro atoms. The van der Waals surface area contributed by atoms with Crippen LogP contribution in [0.4, 0.5) is 5.69 Å². The van der Waals surface area contributed by atoms with Crippen molar-refractivity contribution in [2.24, 2.45) is 5.92 Å². The second-order valence-corrected chi connectivity index (χ2v) is 5.08. The summed E-state index contributed by atoms with van der Waals surface area (Å²) >= 11 is 0. The molecule has 0 radical (unpaired) electrons. The second-order valence-electron chi connectivity index (χ2n) is 5.08. The standard InChI is InChI=1S/C19H17NO/c21-19(17-7-3-1-4-8-17)15-16-11-13-20(14-12-16)18-9-5-2-6-10-18/h1-14,16H,15H2. The molecule has 1 heterocycles. The van der Waals surface area contributed by atoms with Crippen molar-refractivity contribution in [1.29, 1.82) is 0 Å². The molecule has 2 nitrogen and oxygen atoms in total. The highest BCUT2D eigenvalue weighted by molar-refractivity contribution is 5.96. The summed E-state index contributed by atoms with van der Waals surface area (Å²) in [4.78, 5) is 14.2. The van der Waals surface area contributed by atoms with Gasteiger partial charge in [-0.05, 0) is 12.1 Å². The van der Waals surface area contributed by atoms with Crippen LogP contribution in [0.1, 0.15) is 16.8 Å². The molecule has 21 heavy (non-hydrogen) atoms. The van der Waals surface area contributed by atoms with Gasteiger partial charge in [-0.3, -0.25) is 4.79 Å². The maximum atomic E-state index is 12.2. The van der Waals surface area contributed by atoms with Crippen molar-refractivity contribution in [2.75, 3.05) is 4.90 Å². The van der Waals surface area contributed by atoms with Gasteiger partial charge in [-0.25, -0.2) is 0 Å². The first-order valence-electron chi connectivity index (χ1n) is 7.11. The van der Waals surface area contributed by atoms with E-state index in [1.165, 1.54) is 0 Å². The minimum Gasteiger partial charge on any atom is -0.324 e. The van der Waals surface area contributed by atoms with Crippen molar-refractivity contribution in [2.45, 2.75) is 6.42 Å². The summed E-state index contributed by atoms with van der Waals surface area (Å²) in [5, 5.41) is 0. The van der Waals surface area contributed by atoms with Crippen LogP contribution in [0.3, 0.4) is 0 Å². The van der Waals surface area contributed by atoms with E-state index in [2.05, 4.69) is 29.2 Å². The summed E-state index contributed by atoms with van der Waals surface area (Å²) in [7, 11) is 0. The molecule has 0 N–H and O–H groups in total. The molecule has 0 atom stereocenters. The van der Waals surface area contributed by atoms with E-state index in [0.29, 0.717) is 6.42 Å². The lowest BCUT2D eigenvalue weighted by Gasteiger charge is -2.21. The third-order valence-corrected chi connectivity index (χ3v) is 3.56. The molecule has 1 aliphatic heterocycles. The quantitative estimate of drug-likeness (QED) is 0.770.